The molecule has 296 valence electrons. The summed E-state index contributed by atoms with van der Waals surface area (Å²) in [7, 11) is 0. The zero-order valence-corrected chi connectivity index (χ0v) is 31.0. The highest BCUT2D eigenvalue weighted by molar-refractivity contribution is 5.84. The summed E-state index contributed by atoms with van der Waals surface area (Å²) in [5.74, 6) is 2.50. The number of alkyl carbamates (subject to hydrolysis) is 1. The zero-order valence-electron chi connectivity index (χ0n) is 31.0. The van der Waals surface area contributed by atoms with E-state index in [0.29, 0.717) is 44.2 Å². The fraction of sp³-hybridized carbons (Fsp3) is 0.625. The van der Waals surface area contributed by atoms with Gasteiger partial charge in [-0.2, -0.15) is 0 Å². The van der Waals surface area contributed by atoms with Gasteiger partial charge in [0, 0.05) is 43.7 Å². The second-order valence-corrected chi connectivity index (χ2v) is 15.1. The summed E-state index contributed by atoms with van der Waals surface area (Å²) in [6, 6.07) is 15.8. The Morgan fingerprint density at radius 2 is 1.65 bits per heavy atom. The second kappa shape index (κ2) is 19.1. The summed E-state index contributed by atoms with van der Waals surface area (Å²) < 4.78 is 16.4. The van der Waals surface area contributed by atoms with Crippen LogP contribution in [0.3, 0.4) is 0 Å². The van der Waals surface area contributed by atoms with Crippen molar-refractivity contribution in [1.29, 1.82) is 0 Å². The number of ether oxygens (including phenoxy) is 3. The molecule has 2 aliphatic carbocycles. The van der Waals surface area contributed by atoms with Gasteiger partial charge < -0.3 is 55.5 Å². The molecule has 6 rings (SSSR count). The lowest BCUT2D eigenvalue weighted by molar-refractivity contribution is -0.286. The number of hydrogen-bond donors (Lipinski definition) is 6. The van der Waals surface area contributed by atoms with E-state index in [1.807, 2.05) is 53.4 Å². The number of amides is 2. The highest BCUT2D eigenvalue weighted by atomic mass is 16.7. The number of para-hydroxylation sites is 1. The minimum absolute atomic E-state index is 0.0617. The van der Waals surface area contributed by atoms with Gasteiger partial charge in [-0.05, 0) is 74.8 Å². The van der Waals surface area contributed by atoms with Crippen LogP contribution in [-0.2, 0) is 20.8 Å². The van der Waals surface area contributed by atoms with E-state index in [2.05, 4.69) is 10.2 Å². The van der Waals surface area contributed by atoms with Gasteiger partial charge in [0.2, 0.25) is 5.91 Å². The summed E-state index contributed by atoms with van der Waals surface area (Å²) in [5, 5.41) is 42.1. The van der Waals surface area contributed by atoms with Crippen LogP contribution < -0.4 is 15.8 Å². The van der Waals surface area contributed by atoms with Crippen molar-refractivity contribution in [2.45, 2.75) is 133 Å². The third-order valence-electron chi connectivity index (χ3n) is 11.4. The summed E-state index contributed by atoms with van der Waals surface area (Å²) in [5.41, 5.74) is 8.57. The molecule has 6 atom stereocenters. The Bertz CT molecular complexity index is 1550. The molecule has 14 nitrogen and oxygen atoms in total. The quantitative estimate of drug-likeness (QED) is 0.152. The number of carbonyl (C=O) groups excluding carboxylic acids is 2. The summed E-state index contributed by atoms with van der Waals surface area (Å²) in [6.07, 6.45) is 4.03. The Hall–Kier alpha value is -3.95. The maximum Gasteiger partial charge on any atom is 0.407 e. The van der Waals surface area contributed by atoms with Crippen LogP contribution in [0.25, 0.3) is 0 Å². The minimum atomic E-state index is -1.71. The molecule has 1 saturated heterocycles. The molecule has 0 unspecified atom stereocenters. The summed E-state index contributed by atoms with van der Waals surface area (Å²) in [6.45, 7) is 0.913. The third kappa shape index (κ3) is 10.2. The number of aliphatic hydroxyl groups is 4. The van der Waals surface area contributed by atoms with Crippen LogP contribution in [0.4, 0.5) is 10.5 Å². The van der Waals surface area contributed by atoms with Crippen LogP contribution in [0.5, 0.6) is 11.5 Å². The van der Waals surface area contributed by atoms with Crippen molar-refractivity contribution in [2.24, 2.45) is 16.6 Å². The van der Waals surface area contributed by atoms with E-state index in [-0.39, 0.29) is 24.5 Å². The zero-order chi connectivity index (χ0) is 38.0. The normalized spacial score (nSPS) is 25.6. The van der Waals surface area contributed by atoms with Crippen LogP contribution >= 0.6 is 0 Å². The van der Waals surface area contributed by atoms with E-state index in [1.54, 1.807) is 0 Å². The number of aliphatic hydroxyl groups excluding tert-OH is 4. The number of nitrogens with two attached hydrogens (primary N) is 1. The van der Waals surface area contributed by atoms with Gasteiger partial charge in [-0.3, -0.25) is 4.79 Å². The van der Waals surface area contributed by atoms with Crippen molar-refractivity contribution in [2.75, 3.05) is 19.7 Å². The SMILES string of the molecule is NC1=Nc2ccc(Oc3ccccc3)cc2CN1[C@@H](CCC(=O)N(CCCNC(=O)OC[C@@H]1O[C@H](O)[C@@H](O)[C@H](O)[C@H]1O)C1CCCCC1)C1CCCCC1. The molecule has 0 bridgehead atoms. The van der Waals surface area contributed by atoms with Gasteiger partial charge in [-0.25, -0.2) is 9.79 Å². The highest BCUT2D eigenvalue weighted by Crippen LogP contribution is 2.37. The van der Waals surface area contributed by atoms with Crippen LogP contribution in [0, 0.1) is 5.92 Å². The molecule has 2 aliphatic heterocycles. The van der Waals surface area contributed by atoms with Gasteiger partial charge in [0.15, 0.2) is 12.2 Å². The van der Waals surface area contributed by atoms with Crippen molar-refractivity contribution >= 4 is 23.6 Å². The Balaban J connectivity index is 1.06. The first-order chi connectivity index (χ1) is 26.2. The maximum absolute atomic E-state index is 14.1. The van der Waals surface area contributed by atoms with E-state index in [9.17, 15) is 30.0 Å². The molecule has 2 aromatic rings. The molecule has 2 amide bonds. The number of carbonyl (C=O) groups is 2. The van der Waals surface area contributed by atoms with Gasteiger partial charge in [0.25, 0.3) is 0 Å². The molecule has 0 aromatic heterocycles. The number of nitrogens with zero attached hydrogens (tertiary/aromatic N) is 3. The van der Waals surface area contributed by atoms with E-state index in [4.69, 9.17) is 24.9 Å². The lowest BCUT2D eigenvalue weighted by atomic mass is 9.81. The lowest BCUT2D eigenvalue weighted by Crippen LogP contribution is -2.58. The van der Waals surface area contributed by atoms with Crippen LogP contribution in [0.2, 0.25) is 0 Å². The van der Waals surface area contributed by atoms with E-state index < -0.39 is 43.4 Å². The van der Waals surface area contributed by atoms with Crippen molar-refractivity contribution in [1.82, 2.24) is 15.1 Å². The summed E-state index contributed by atoms with van der Waals surface area (Å²) in [4.78, 5) is 35.6. The first-order valence-electron chi connectivity index (χ1n) is 19.7. The first-order valence-corrected chi connectivity index (χ1v) is 19.7. The topological polar surface area (TPSA) is 200 Å². The number of guanidine groups is 1. The molecule has 54 heavy (non-hydrogen) atoms. The molecule has 0 radical (unpaired) electrons. The molecule has 4 aliphatic rings. The molecule has 0 spiro atoms. The number of nitrogens with one attached hydrogen (secondary N) is 1. The van der Waals surface area contributed by atoms with Crippen molar-refractivity contribution in [3.05, 3.63) is 54.1 Å². The number of benzene rings is 2. The maximum atomic E-state index is 14.1. The number of fused-ring (bicyclic) bond motifs is 1. The highest BCUT2D eigenvalue weighted by Gasteiger charge is 2.43. The van der Waals surface area contributed by atoms with Crippen molar-refractivity contribution < 1.29 is 44.2 Å². The number of aliphatic imine (C=N–C) groups is 1. The Kier molecular flexibility index (Phi) is 14.0. The van der Waals surface area contributed by atoms with Gasteiger partial charge in [0.05, 0.1) is 5.69 Å². The molecule has 3 fully saturated rings. The van der Waals surface area contributed by atoms with Crippen molar-refractivity contribution in [3.63, 3.8) is 0 Å². The predicted molar refractivity (Wildman–Crippen MR) is 201 cm³/mol. The smallest absolute Gasteiger partial charge is 0.407 e. The number of rotatable bonds is 14. The Morgan fingerprint density at radius 1 is 0.926 bits per heavy atom. The van der Waals surface area contributed by atoms with E-state index in [0.717, 1.165) is 80.5 Å². The van der Waals surface area contributed by atoms with Gasteiger partial charge in [-0.1, -0.05) is 56.7 Å². The Labute approximate surface area is 317 Å². The number of hydrogen-bond acceptors (Lipinski definition) is 12. The van der Waals surface area contributed by atoms with Crippen LogP contribution in [0.15, 0.2) is 53.5 Å². The van der Waals surface area contributed by atoms with E-state index >= 15 is 0 Å². The van der Waals surface area contributed by atoms with Crippen LogP contribution in [-0.4, -0.2) is 111 Å². The van der Waals surface area contributed by atoms with Gasteiger partial charge >= 0.3 is 6.09 Å². The average molecular weight is 752 g/mol. The fourth-order valence-electron chi connectivity index (χ4n) is 8.43. The molecule has 2 saturated carbocycles. The second-order valence-electron chi connectivity index (χ2n) is 15.1. The molecule has 14 heteroatoms. The molecule has 2 aromatic carbocycles. The average Bonchev–Trinajstić information content (AvgIpc) is 3.19. The first kappa shape index (κ1) is 39.7. The summed E-state index contributed by atoms with van der Waals surface area (Å²) >= 11 is 0. The van der Waals surface area contributed by atoms with Crippen molar-refractivity contribution in [3.8, 4) is 11.5 Å². The fourth-order valence-corrected chi connectivity index (χ4v) is 8.43. The van der Waals surface area contributed by atoms with Gasteiger partial charge in [-0.15, -0.1) is 0 Å². The molecule has 7 N–H and O–H groups in total. The van der Waals surface area contributed by atoms with Crippen LogP contribution in [0.1, 0.15) is 89.0 Å². The molecule has 2 heterocycles. The minimum Gasteiger partial charge on any atom is -0.457 e. The largest absolute Gasteiger partial charge is 0.457 e. The molecular weight excluding hydrogens is 694 g/mol. The molecular formula is C40H57N5O9. The third-order valence-corrected chi connectivity index (χ3v) is 11.4. The predicted octanol–water partition coefficient (Wildman–Crippen LogP) is 4.05. The lowest BCUT2D eigenvalue weighted by Gasteiger charge is -2.42. The van der Waals surface area contributed by atoms with E-state index in [1.165, 1.54) is 6.42 Å². The Morgan fingerprint density at radius 3 is 2.39 bits per heavy atom. The van der Waals surface area contributed by atoms with Gasteiger partial charge in [0.1, 0.15) is 42.5 Å². The monoisotopic (exact) mass is 751 g/mol. The standard InChI is InChI=1S/C40H57N5O9/c41-39-43-31-18-17-30(53-29-15-8-3-9-16-29)23-27(31)24-45(39)32(26-11-4-1-5-12-26)19-20-34(46)44(28-13-6-2-7-14-28)22-10-21-42-40(51)52-25-33-35(47)36(48)37(49)38(50)54-33/h3,8-9,15-18,23,26,28,32-33,35-38,47-50H,1-2,4-7,10-14,19-22,24-25H2,(H2,41,43)(H,42,51)/t32-,33-,35-,36+,37-,38-/m0/s1.